The second-order valence-corrected chi connectivity index (χ2v) is 7.13. The summed E-state index contributed by atoms with van der Waals surface area (Å²) in [6, 6.07) is 9.08. The molecule has 2 aromatic carbocycles. The Morgan fingerprint density at radius 2 is 2.00 bits per heavy atom. The monoisotopic (exact) mass is 387 g/mol. The number of hydrogen-bond donors (Lipinski definition) is 0. The van der Waals surface area contributed by atoms with Gasteiger partial charge in [0, 0.05) is 18.6 Å². The summed E-state index contributed by atoms with van der Waals surface area (Å²) < 4.78 is 41.7. The predicted molar refractivity (Wildman–Crippen MR) is 87.1 cm³/mol. The Kier molecular flexibility index (Phi) is 5.06. The normalized spacial score (nSPS) is 23.2. The van der Waals surface area contributed by atoms with E-state index in [1.165, 1.54) is 42.5 Å². The average molecular weight is 388 g/mol. The van der Waals surface area contributed by atoms with E-state index in [1.54, 1.807) is 0 Å². The molecule has 3 rings (SSSR count). The Morgan fingerprint density at radius 3 is 2.64 bits per heavy atom. The number of phosphoric ester groups is 1. The summed E-state index contributed by atoms with van der Waals surface area (Å²) in [6.45, 7) is 0.101. The summed E-state index contributed by atoms with van der Waals surface area (Å²) in [5, 5.41) is 10.6. The van der Waals surface area contributed by atoms with Gasteiger partial charge in [-0.3, -0.25) is 19.2 Å². The highest BCUT2D eigenvalue weighted by Crippen LogP contribution is 2.56. The summed E-state index contributed by atoms with van der Waals surface area (Å²) in [5.41, 5.74) is 0.414. The van der Waals surface area contributed by atoms with Crippen LogP contribution in [0.25, 0.3) is 0 Å². The van der Waals surface area contributed by atoms with Gasteiger partial charge in [-0.1, -0.05) is 17.7 Å². The number of phosphoric acid groups is 1. The molecule has 1 heterocycles. The van der Waals surface area contributed by atoms with Gasteiger partial charge in [0.2, 0.25) is 0 Å². The zero-order valence-corrected chi connectivity index (χ0v) is 14.3. The molecular weight excluding hydrogens is 376 g/mol. The second kappa shape index (κ2) is 7.09. The van der Waals surface area contributed by atoms with Gasteiger partial charge in [-0.2, -0.15) is 0 Å². The van der Waals surface area contributed by atoms with Crippen molar-refractivity contribution in [3.8, 4) is 5.75 Å². The van der Waals surface area contributed by atoms with Gasteiger partial charge < -0.3 is 4.52 Å². The van der Waals surface area contributed by atoms with Gasteiger partial charge in [0.25, 0.3) is 5.69 Å². The van der Waals surface area contributed by atoms with Crippen molar-refractivity contribution in [2.75, 3.05) is 6.61 Å². The van der Waals surface area contributed by atoms with Crippen molar-refractivity contribution in [1.82, 2.24) is 0 Å². The molecule has 1 fully saturated rings. The Balaban J connectivity index is 1.75. The molecule has 2 aromatic rings. The van der Waals surface area contributed by atoms with Crippen LogP contribution in [0, 0.1) is 15.9 Å². The van der Waals surface area contributed by atoms with Crippen molar-refractivity contribution in [2.45, 2.75) is 12.5 Å². The van der Waals surface area contributed by atoms with E-state index in [1.807, 2.05) is 0 Å². The van der Waals surface area contributed by atoms with E-state index in [-0.39, 0.29) is 23.1 Å². The van der Waals surface area contributed by atoms with E-state index in [0.29, 0.717) is 12.0 Å². The lowest BCUT2D eigenvalue weighted by Gasteiger charge is -2.29. The summed E-state index contributed by atoms with van der Waals surface area (Å²) in [4.78, 5) is 10.1. The summed E-state index contributed by atoms with van der Waals surface area (Å²) in [6.07, 6.45) is -0.258. The molecule has 0 bridgehead atoms. The molecule has 10 heteroatoms. The van der Waals surface area contributed by atoms with Gasteiger partial charge in [-0.05, 0) is 29.8 Å². The van der Waals surface area contributed by atoms with Crippen molar-refractivity contribution < 1.29 is 27.5 Å². The van der Waals surface area contributed by atoms with Gasteiger partial charge in [0.1, 0.15) is 11.6 Å². The minimum Gasteiger partial charge on any atom is -0.404 e. The molecule has 0 amide bonds. The predicted octanol–water partition coefficient (Wildman–Crippen LogP) is 5.05. The molecule has 0 radical (unpaired) electrons. The third-order valence-corrected chi connectivity index (χ3v) is 5.20. The van der Waals surface area contributed by atoms with Crippen LogP contribution in [-0.4, -0.2) is 11.5 Å². The van der Waals surface area contributed by atoms with Gasteiger partial charge in [-0.25, -0.2) is 8.96 Å². The topological polar surface area (TPSA) is 87.9 Å². The quantitative estimate of drug-likeness (QED) is 0.414. The van der Waals surface area contributed by atoms with Crippen molar-refractivity contribution in [1.29, 1.82) is 0 Å². The van der Waals surface area contributed by atoms with Crippen LogP contribution < -0.4 is 4.52 Å². The maximum absolute atomic E-state index is 13.3. The Labute approximate surface area is 147 Å². The number of rotatable bonds is 4. The highest BCUT2D eigenvalue weighted by Gasteiger charge is 2.37. The van der Waals surface area contributed by atoms with Crippen LogP contribution in [0.3, 0.4) is 0 Å². The van der Waals surface area contributed by atoms with E-state index in [0.717, 1.165) is 0 Å². The van der Waals surface area contributed by atoms with Crippen molar-refractivity contribution in [2.24, 2.45) is 0 Å². The number of nitro groups is 1. The van der Waals surface area contributed by atoms with Crippen LogP contribution in [0.1, 0.15) is 18.1 Å². The molecule has 25 heavy (non-hydrogen) atoms. The van der Waals surface area contributed by atoms with Crippen molar-refractivity contribution in [3.63, 3.8) is 0 Å². The molecule has 1 aliphatic rings. The molecule has 1 aliphatic heterocycles. The van der Waals surface area contributed by atoms with Crippen LogP contribution in [0.5, 0.6) is 5.75 Å². The largest absolute Gasteiger partial charge is 0.530 e. The molecule has 0 aliphatic carbocycles. The van der Waals surface area contributed by atoms with Gasteiger partial charge in [0.15, 0.2) is 0 Å². The lowest BCUT2D eigenvalue weighted by atomic mass is 10.1. The van der Waals surface area contributed by atoms with Crippen LogP contribution in [-0.2, 0) is 13.6 Å². The third kappa shape index (κ3) is 4.16. The lowest BCUT2D eigenvalue weighted by molar-refractivity contribution is -0.384. The van der Waals surface area contributed by atoms with E-state index >= 15 is 0 Å². The maximum atomic E-state index is 13.3. The van der Waals surface area contributed by atoms with Gasteiger partial charge in [0.05, 0.1) is 22.7 Å². The van der Waals surface area contributed by atoms with E-state index in [9.17, 15) is 19.1 Å². The summed E-state index contributed by atoms with van der Waals surface area (Å²) in [7, 11) is -3.93. The summed E-state index contributed by atoms with van der Waals surface area (Å²) >= 11 is 5.76. The third-order valence-electron chi connectivity index (χ3n) is 3.47. The van der Waals surface area contributed by atoms with E-state index < -0.39 is 24.7 Å². The molecule has 0 aromatic heterocycles. The standard InChI is InChI=1S/C15H12ClFNO6P/c16-13-9-10(1-6-14(13)17)15-7-8-22-25(21,24-15)23-12-4-2-11(3-5-12)18(19)20/h1-6,9,15H,7-8H2/t15-,25?/m1/s1. The number of nitro benzene ring substituents is 1. The van der Waals surface area contributed by atoms with Crippen LogP contribution in [0.2, 0.25) is 5.02 Å². The van der Waals surface area contributed by atoms with E-state index in [2.05, 4.69) is 0 Å². The van der Waals surface area contributed by atoms with Crippen LogP contribution in [0.15, 0.2) is 42.5 Å². The Hall–Kier alpha value is -1.99. The van der Waals surface area contributed by atoms with Crippen molar-refractivity contribution >= 4 is 25.1 Å². The number of non-ortho nitro benzene ring substituents is 1. The lowest BCUT2D eigenvalue weighted by Crippen LogP contribution is -2.16. The molecular formula is C15H12ClFNO6P. The van der Waals surface area contributed by atoms with Gasteiger partial charge >= 0.3 is 7.82 Å². The zero-order valence-electron chi connectivity index (χ0n) is 12.6. The number of benzene rings is 2. The molecule has 0 N–H and O–H groups in total. The zero-order chi connectivity index (χ0) is 18.0. The first-order chi connectivity index (χ1) is 11.9. The second-order valence-electron chi connectivity index (χ2n) is 5.18. The van der Waals surface area contributed by atoms with Gasteiger partial charge in [-0.15, -0.1) is 0 Å². The first-order valence-electron chi connectivity index (χ1n) is 7.18. The highest BCUT2D eigenvalue weighted by atomic mass is 35.5. The van der Waals surface area contributed by atoms with E-state index in [4.69, 9.17) is 25.2 Å². The first kappa shape index (κ1) is 17.8. The average Bonchev–Trinajstić information content (AvgIpc) is 2.57. The maximum Gasteiger partial charge on any atom is 0.530 e. The highest BCUT2D eigenvalue weighted by molar-refractivity contribution is 7.49. The minimum atomic E-state index is -3.93. The molecule has 0 saturated carbocycles. The fraction of sp³-hybridized carbons (Fsp3) is 0.200. The van der Waals surface area contributed by atoms with Crippen molar-refractivity contribution in [3.05, 3.63) is 69.0 Å². The van der Waals surface area contributed by atoms with Crippen LogP contribution in [0.4, 0.5) is 10.1 Å². The molecule has 2 atom stereocenters. The number of halogens is 2. The summed E-state index contributed by atoms with van der Waals surface area (Å²) in [5.74, 6) is -0.463. The molecule has 1 saturated heterocycles. The Morgan fingerprint density at radius 1 is 1.28 bits per heavy atom. The number of hydrogen-bond acceptors (Lipinski definition) is 6. The smallest absolute Gasteiger partial charge is 0.404 e. The molecule has 0 spiro atoms. The molecule has 132 valence electrons. The number of nitrogens with zero attached hydrogens (tertiary/aromatic N) is 1. The fourth-order valence-corrected chi connectivity index (χ4v) is 3.85. The minimum absolute atomic E-state index is 0.0706. The first-order valence-corrected chi connectivity index (χ1v) is 9.02. The molecule has 1 unspecified atom stereocenters. The SMILES string of the molecule is O=[N+]([O-])c1ccc(OP2(=O)OCC[C@H](c3ccc(F)c(Cl)c3)O2)cc1. The fourth-order valence-electron chi connectivity index (χ4n) is 2.26. The molecule has 7 nitrogen and oxygen atoms in total. The Bertz CT molecular complexity index is 846. The van der Waals surface area contributed by atoms with Crippen LogP contribution >= 0.6 is 19.4 Å².